The number of halogens is 1. The number of β-lactam (4-membered cyclic amide) rings is 1. The number of carbonyl (C=O) groups excluding carboxylic acids is 2. The number of ether oxygens (including phenoxy) is 1. The Hall–Kier alpha value is -3.12. The number of para-hydroxylation sites is 1. The molecule has 3 aromatic rings. The van der Waals surface area contributed by atoms with E-state index >= 15 is 0 Å². The van der Waals surface area contributed by atoms with Crippen LogP contribution < -0.4 is 15.0 Å². The summed E-state index contributed by atoms with van der Waals surface area (Å²) in [6, 6.07) is 22.3. The number of hydrogen-bond donors (Lipinski definition) is 1. The van der Waals surface area contributed by atoms with Gasteiger partial charge in [-0.15, -0.1) is 0 Å². The van der Waals surface area contributed by atoms with E-state index in [1.54, 1.807) is 24.1 Å². The number of hydrogen-bond acceptors (Lipinski definition) is 3. The fourth-order valence-electron chi connectivity index (χ4n) is 3.80. The first kappa shape index (κ1) is 20.2. The zero-order valence-corrected chi connectivity index (χ0v) is 18.3. The van der Waals surface area contributed by atoms with E-state index in [1.807, 2.05) is 67.6 Å². The van der Waals surface area contributed by atoms with Crippen LogP contribution in [0.2, 0.25) is 0 Å². The number of benzene rings is 3. The number of nitrogens with one attached hydrogen (secondary N) is 1. The molecule has 0 radical (unpaired) electrons. The van der Waals surface area contributed by atoms with Crippen LogP contribution in [0.5, 0.6) is 5.75 Å². The number of amides is 2. The predicted octanol–water partition coefficient (Wildman–Crippen LogP) is 5.04. The van der Waals surface area contributed by atoms with E-state index < -0.39 is 5.54 Å². The Morgan fingerprint density at radius 1 is 1.03 bits per heavy atom. The van der Waals surface area contributed by atoms with E-state index in [-0.39, 0.29) is 18.2 Å². The van der Waals surface area contributed by atoms with E-state index in [0.29, 0.717) is 11.4 Å². The van der Waals surface area contributed by atoms with Gasteiger partial charge in [-0.05, 0) is 60.5 Å². The fourth-order valence-corrected chi connectivity index (χ4v) is 4.07. The summed E-state index contributed by atoms with van der Waals surface area (Å²) in [6.07, 6.45) is 0.0904. The van der Waals surface area contributed by atoms with Gasteiger partial charge in [0.1, 0.15) is 5.75 Å². The molecule has 4 rings (SSSR count). The average molecular weight is 465 g/mol. The topological polar surface area (TPSA) is 58.6 Å². The van der Waals surface area contributed by atoms with E-state index in [2.05, 4.69) is 21.2 Å². The van der Waals surface area contributed by atoms with E-state index in [0.717, 1.165) is 21.3 Å². The minimum Gasteiger partial charge on any atom is -0.497 e. The van der Waals surface area contributed by atoms with Gasteiger partial charge in [0.2, 0.25) is 5.91 Å². The van der Waals surface area contributed by atoms with Crippen molar-refractivity contribution >= 4 is 39.1 Å². The zero-order chi connectivity index (χ0) is 21.3. The molecule has 1 aliphatic rings. The number of aryl methyl sites for hydroxylation is 1. The average Bonchev–Trinajstić information content (AvgIpc) is 2.75. The molecule has 1 aliphatic heterocycles. The Kier molecular flexibility index (Phi) is 5.35. The van der Waals surface area contributed by atoms with Crippen molar-refractivity contribution < 1.29 is 14.3 Å². The lowest BCUT2D eigenvalue weighted by atomic mass is 9.76. The van der Waals surface area contributed by atoms with Crippen molar-refractivity contribution in [2.24, 2.45) is 0 Å². The molecule has 6 heteroatoms. The van der Waals surface area contributed by atoms with Crippen LogP contribution in [0.1, 0.15) is 17.5 Å². The summed E-state index contributed by atoms with van der Waals surface area (Å²) in [6.45, 7) is 1.94. The summed E-state index contributed by atoms with van der Waals surface area (Å²) in [7, 11) is 1.59. The van der Waals surface area contributed by atoms with Gasteiger partial charge in [-0.2, -0.15) is 0 Å². The lowest BCUT2D eigenvalue weighted by molar-refractivity contribution is -0.137. The lowest BCUT2D eigenvalue weighted by Gasteiger charge is -2.50. The van der Waals surface area contributed by atoms with Crippen molar-refractivity contribution in [3.05, 3.63) is 88.4 Å². The molecule has 0 spiro atoms. The van der Waals surface area contributed by atoms with E-state index in [4.69, 9.17) is 4.74 Å². The molecule has 0 unspecified atom stereocenters. The maximum atomic E-state index is 13.7. The monoisotopic (exact) mass is 464 g/mol. The van der Waals surface area contributed by atoms with Crippen LogP contribution in [-0.2, 0) is 15.1 Å². The first-order chi connectivity index (χ1) is 14.5. The molecular weight excluding hydrogens is 444 g/mol. The fraction of sp³-hybridized carbons (Fsp3) is 0.167. The first-order valence-electron chi connectivity index (χ1n) is 9.56. The van der Waals surface area contributed by atoms with Gasteiger partial charge in [0.05, 0.1) is 13.5 Å². The van der Waals surface area contributed by atoms with Crippen molar-refractivity contribution in [3.8, 4) is 5.75 Å². The summed E-state index contributed by atoms with van der Waals surface area (Å²) >= 11 is 3.42. The standard InChI is InChI=1S/C24H21BrN2O3/c1-16-5-3-4-6-21(16)26-23(29)24(17-7-13-20(30-2)14-8-17)15-22(28)27(24)19-11-9-18(25)10-12-19/h3-14H,15H2,1-2H3,(H,26,29)/t24-/m0/s1. The molecule has 1 saturated heterocycles. The van der Waals surface area contributed by atoms with Crippen LogP contribution in [0.3, 0.4) is 0 Å². The molecule has 0 aliphatic carbocycles. The molecule has 30 heavy (non-hydrogen) atoms. The SMILES string of the molecule is COc1ccc([C@]2(C(=O)Nc3ccccc3C)CC(=O)N2c2ccc(Br)cc2)cc1. The Balaban J connectivity index is 1.80. The van der Waals surface area contributed by atoms with Gasteiger partial charge in [0.25, 0.3) is 5.91 Å². The summed E-state index contributed by atoms with van der Waals surface area (Å²) in [5, 5.41) is 3.04. The molecule has 3 aromatic carbocycles. The normalized spacial score (nSPS) is 18.0. The second-order valence-corrected chi connectivity index (χ2v) is 8.16. The third-order valence-corrected chi connectivity index (χ3v) is 5.99. The van der Waals surface area contributed by atoms with E-state index in [9.17, 15) is 9.59 Å². The molecule has 0 saturated carbocycles. The van der Waals surface area contributed by atoms with Crippen molar-refractivity contribution in [1.82, 2.24) is 0 Å². The highest BCUT2D eigenvalue weighted by Crippen LogP contribution is 2.46. The largest absolute Gasteiger partial charge is 0.497 e. The van der Waals surface area contributed by atoms with Crippen molar-refractivity contribution in [1.29, 1.82) is 0 Å². The van der Waals surface area contributed by atoms with Crippen LogP contribution in [0, 0.1) is 6.92 Å². The summed E-state index contributed by atoms with van der Waals surface area (Å²) in [5.74, 6) is 0.339. The van der Waals surface area contributed by atoms with Gasteiger partial charge in [-0.1, -0.05) is 46.3 Å². The second-order valence-electron chi connectivity index (χ2n) is 7.24. The third-order valence-electron chi connectivity index (χ3n) is 5.46. The summed E-state index contributed by atoms with van der Waals surface area (Å²) < 4.78 is 6.17. The van der Waals surface area contributed by atoms with Crippen LogP contribution in [0.4, 0.5) is 11.4 Å². The molecule has 1 atom stereocenters. The molecule has 152 valence electrons. The Bertz CT molecular complexity index is 1100. The maximum absolute atomic E-state index is 13.7. The second kappa shape index (κ2) is 7.95. The molecule has 1 N–H and O–H groups in total. The van der Waals surface area contributed by atoms with Crippen molar-refractivity contribution in [2.75, 3.05) is 17.3 Å². The van der Waals surface area contributed by atoms with Gasteiger partial charge in [-0.3, -0.25) is 14.5 Å². The summed E-state index contributed by atoms with van der Waals surface area (Å²) in [5.41, 5.74) is 1.95. The van der Waals surface area contributed by atoms with Crippen LogP contribution in [0.25, 0.3) is 0 Å². The Labute approximate surface area is 183 Å². The first-order valence-corrected chi connectivity index (χ1v) is 10.4. The zero-order valence-electron chi connectivity index (χ0n) is 16.7. The van der Waals surface area contributed by atoms with Gasteiger partial charge >= 0.3 is 0 Å². The molecule has 0 aromatic heterocycles. The van der Waals surface area contributed by atoms with Gasteiger partial charge in [0.15, 0.2) is 5.54 Å². The van der Waals surface area contributed by atoms with Crippen LogP contribution >= 0.6 is 15.9 Å². The minimum absolute atomic E-state index is 0.0904. The minimum atomic E-state index is -1.14. The van der Waals surface area contributed by atoms with Gasteiger partial charge < -0.3 is 10.1 Å². The van der Waals surface area contributed by atoms with Gasteiger partial charge in [0, 0.05) is 15.8 Å². The molecule has 0 bridgehead atoms. The number of carbonyl (C=O) groups is 2. The van der Waals surface area contributed by atoms with Gasteiger partial charge in [-0.25, -0.2) is 0 Å². The Morgan fingerprint density at radius 2 is 1.70 bits per heavy atom. The number of anilines is 2. The quantitative estimate of drug-likeness (QED) is 0.538. The lowest BCUT2D eigenvalue weighted by Crippen LogP contribution is -2.67. The van der Waals surface area contributed by atoms with E-state index in [1.165, 1.54) is 0 Å². The van der Waals surface area contributed by atoms with Crippen molar-refractivity contribution in [2.45, 2.75) is 18.9 Å². The number of nitrogens with zero attached hydrogens (tertiary/aromatic N) is 1. The number of methoxy groups -OCH3 is 1. The predicted molar refractivity (Wildman–Crippen MR) is 121 cm³/mol. The molecule has 1 heterocycles. The molecule has 2 amide bonds. The highest BCUT2D eigenvalue weighted by atomic mass is 79.9. The molecule has 1 fully saturated rings. The Morgan fingerprint density at radius 3 is 2.30 bits per heavy atom. The highest BCUT2D eigenvalue weighted by Gasteiger charge is 2.58. The van der Waals surface area contributed by atoms with Crippen LogP contribution in [-0.4, -0.2) is 18.9 Å². The third kappa shape index (κ3) is 3.37. The molecule has 5 nitrogen and oxygen atoms in total. The maximum Gasteiger partial charge on any atom is 0.255 e. The smallest absolute Gasteiger partial charge is 0.255 e. The van der Waals surface area contributed by atoms with Crippen LogP contribution in [0.15, 0.2) is 77.3 Å². The van der Waals surface area contributed by atoms with Crippen molar-refractivity contribution in [3.63, 3.8) is 0 Å². The molecular formula is C24H21BrN2O3. The summed E-state index contributed by atoms with van der Waals surface area (Å²) in [4.78, 5) is 28.0. The number of rotatable bonds is 5. The highest BCUT2D eigenvalue weighted by molar-refractivity contribution is 9.10.